The van der Waals surface area contributed by atoms with Crippen LogP contribution in [0.15, 0.2) is 51.3 Å². The Labute approximate surface area is 178 Å². The number of amides is 1. The Balaban J connectivity index is 1.36. The maximum atomic E-state index is 12.5. The first kappa shape index (κ1) is 19.1. The van der Waals surface area contributed by atoms with Crippen LogP contribution in [0.25, 0.3) is 0 Å². The van der Waals surface area contributed by atoms with Crippen molar-refractivity contribution in [2.24, 2.45) is 0 Å². The van der Waals surface area contributed by atoms with E-state index in [1.165, 1.54) is 23.1 Å². The Kier molecular flexibility index (Phi) is 5.74. The number of thioether (sulfide) groups is 1. The second-order valence-electron chi connectivity index (χ2n) is 6.14. The fraction of sp³-hybridized carbons (Fsp3) is 0.158. The Morgan fingerprint density at radius 2 is 2.11 bits per heavy atom. The first-order valence-corrected chi connectivity index (χ1v) is 11.1. The van der Waals surface area contributed by atoms with Crippen LogP contribution in [0.3, 0.4) is 0 Å². The molecule has 0 aliphatic carbocycles. The molecule has 0 saturated heterocycles. The van der Waals surface area contributed by atoms with Crippen LogP contribution in [0.5, 0.6) is 0 Å². The van der Waals surface area contributed by atoms with E-state index in [9.17, 15) is 9.59 Å². The number of carbonyl (C=O) groups is 2. The van der Waals surface area contributed by atoms with Crippen molar-refractivity contribution in [2.45, 2.75) is 17.2 Å². The molecule has 1 amide bonds. The van der Waals surface area contributed by atoms with Gasteiger partial charge in [-0.05, 0) is 48.4 Å². The minimum atomic E-state index is 0.0191. The van der Waals surface area contributed by atoms with Gasteiger partial charge in [-0.3, -0.25) is 9.59 Å². The van der Waals surface area contributed by atoms with Crippen LogP contribution >= 0.6 is 39.0 Å². The summed E-state index contributed by atoms with van der Waals surface area (Å²) in [6.45, 7) is 0. The van der Waals surface area contributed by atoms with Gasteiger partial charge in [-0.2, -0.15) is 0 Å². The van der Waals surface area contributed by atoms with Crippen LogP contribution < -0.4 is 10.6 Å². The molecule has 3 aromatic rings. The molecule has 0 spiro atoms. The monoisotopic (exact) mass is 474 g/mol. The van der Waals surface area contributed by atoms with E-state index in [0.29, 0.717) is 23.5 Å². The minimum absolute atomic E-state index is 0.0191. The third-order valence-electron chi connectivity index (χ3n) is 4.13. The number of hydrogen-bond donors (Lipinski definition) is 2. The van der Waals surface area contributed by atoms with Crippen molar-refractivity contribution >= 4 is 67.2 Å². The maximum absolute atomic E-state index is 12.5. The summed E-state index contributed by atoms with van der Waals surface area (Å²) in [5.74, 6) is 0.337. The number of benzene rings is 2. The van der Waals surface area contributed by atoms with Crippen molar-refractivity contribution in [1.29, 1.82) is 0 Å². The van der Waals surface area contributed by atoms with Gasteiger partial charge in [0.25, 0.3) is 0 Å². The van der Waals surface area contributed by atoms with Crippen molar-refractivity contribution in [1.82, 2.24) is 10.2 Å². The van der Waals surface area contributed by atoms with Crippen molar-refractivity contribution in [3.63, 3.8) is 0 Å². The molecule has 0 unspecified atom stereocenters. The quantitative estimate of drug-likeness (QED) is 0.390. The van der Waals surface area contributed by atoms with Crippen LogP contribution in [0.1, 0.15) is 22.3 Å². The van der Waals surface area contributed by atoms with Crippen molar-refractivity contribution in [3.05, 3.63) is 58.1 Å². The van der Waals surface area contributed by atoms with Gasteiger partial charge in [0.2, 0.25) is 11.0 Å². The molecule has 6 nitrogen and oxygen atoms in total. The third-order valence-corrected chi connectivity index (χ3v) is 6.60. The predicted molar refractivity (Wildman–Crippen MR) is 116 cm³/mol. The first-order valence-electron chi connectivity index (χ1n) is 8.52. The number of nitrogens with zero attached hydrogens (tertiary/aromatic N) is 2. The second kappa shape index (κ2) is 8.42. The summed E-state index contributed by atoms with van der Waals surface area (Å²) in [5, 5.41) is 15.0. The summed E-state index contributed by atoms with van der Waals surface area (Å²) in [5.41, 5.74) is 3.37. The van der Waals surface area contributed by atoms with Gasteiger partial charge in [-0.25, -0.2) is 0 Å². The molecule has 0 saturated carbocycles. The van der Waals surface area contributed by atoms with Gasteiger partial charge in [0, 0.05) is 27.8 Å². The molecule has 142 valence electrons. The largest absolute Gasteiger partial charge is 0.330 e. The van der Waals surface area contributed by atoms with Crippen LogP contribution in [0.2, 0.25) is 0 Å². The van der Waals surface area contributed by atoms with E-state index in [-0.39, 0.29) is 17.4 Å². The summed E-state index contributed by atoms with van der Waals surface area (Å²) >= 11 is 6.22. The minimum Gasteiger partial charge on any atom is -0.330 e. The fourth-order valence-corrected chi connectivity index (χ4v) is 4.84. The van der Waals surface area contributed by atoms with Gasteiger partial charge in [0.15, 0.2) is 10.1 Å². The predicted octanol–water partition coefficient (Wildman–Crippen LogP) is 4.90. The molecule has 0 bridgehead atoms. The number of anilines is 3. The van der Waals surface area contributed by atoms with E-state index >= 15 is 0 Å². The van der Waals surface area contributed by atoms with E-state index < -0.39 is 0 Å². The number of aromatic nitrogens is 2. The number of Topliss-reactive ketones (excluding diaryl/α,β-unsaturated/α-hetero) is 1. The van der Waals surface area contributed by atoms with E-state index in [0.717, 1.165) is 25.8 Å². The number of hydrogen-bond acceptors (Lipinski definition) is 7. The van der Waals surface area contributed by atoms with Crippen molar-refractivity contribution in [2.75, 3.05) is 16.4 Å². The SMILES string of the molecule is O=C1CCc2cc(C(=O)CSc3nnc(Nc4cccc(Br)c4)s3)ccc2N1. The molecule has 0 radical (unpaired) electrons. The van der Waals surface area contributed by atoms with Gasteiger partial charge >= 0.3 is 0 Å². The van der Waals surface area contributed by atoms with Gasteiger partial charge in [-0.15, -0.1) is 10.2 Å². The number of carbonyl (C=O) groups excluding carboxylic acids is 2. The summed E-state index contributed by atoms with van der Waals surface area (Å²) < 4.78 is 1.71. The molecule has 1 aliphatic heterocycles. The number of rotatable bonds is 6. The van der Waals surface area contributed by atoms with Crippen LogP contribution in [0.4, 0.5) is 16.5 Å². The molecular weight excluding hydrogens is 460 g/mol. The van der Waals surface area contributed by atoms with Gasteiger partial charge in [0.1, 0.15) is 0 Å². The lowest BCUT2D eigenvalue weighted by Crippen LogP contribution is -2.19. The lowest BCUT2D eigenvalue weighted by molar-refractivity contribution is -0.116. The Hall–Kier alpha value is -2.23. The number of nitrogens with one attached hydrogen (secondary N) is 2. The average Bonchev–Trinajstić information content (AvgIpc) is 3.13. The third kappa shape index (κ3) is 4.60. The molecule has 4 rings (SSSR count). The summed E-state index contributed by atoms with van der Waals surface area (Å²) in [6, 6.07) is 13.2. The smallest absolute Gasteiger partial charge is 0.224 e. The molecule has 2 aromatic carbocycles. The van der Waals surface area contributed by atoms with Crippen LogP contribution in [0, 0.1) is 0 Å². The van der Waals surface area contributed by atoms with Gasteiger partial charge < -0.3 is 10.6 Å². The molecule has 1 aliphatic rings. The maximum Gasteiger partial charge on any atom is 0.224 e. The number of ketones is 1. The molecule has 0 atom stereocenters. The first-order chi connectivity index (χ1) is 13.6. The Bertz CT molecular complexity index is 1050. The van der Waals surface area contributed by atoms with Gasteiger partial charge in [-0.1, -0.05) is 45.1 Å². The van der Waals surface area contributed by atoms with Crippen LogP contribution in [-0.4, -0.2) is 27.6 Å². The zero-order valence-electron chi connectivity index (χ0n) is 14.6. The van der Waals surface area contributed by atoms with E-state index in [4.69, 9.17) is 0 Å². The lowest BCUT2D eigenvalue weighted by atomic mass is 9.99. The van der Waals surface area contributed by atoms with Gasteiger partial charge in [0.05, 0.1) is 5.75 Å². The average molecular weight is 475 g/mol. The number of halogens is 1. The summed E-state index contributed by atoms with van der Waals surface area (Å²) in [7, 11) is 0. The van der Waals surface area contributed by atoms with E-state index in [1.54, 1.807) is 12.1 Å². The van der Waals surface area contributed by atoms with Crippen LogP contribution in [-0.2, 0) is 11.2 Å². The topological polar surface area (TPSA) is 84.0 Å². The normalized spacial score (nSPS) is 13.0. The molecule has 2 N–H and O–H groups in total. The molecule has 2 heterocycles. The number of fused-ring (bicyclic) bond motifs is 1. The molecule has 0 fully saturated rings. The highest BCUT2D eigenvalue weighted by molar-refractivity contribution is 9.10. The second-order valence-corrected chi connectivity index (χ2v) is 9.26. The molecule has 9 heteroatoms. The highest BCUT2D eigenvalue weighted by Crippen LogP contribution is 2.29. The summed E-state index contributed by atoms with van der Waals surface area (Å²) in [6.07, 6.45) is 1.12. The summed E-state index contributed by atoms with van der Waals surface area (Å²) in [4.78, 5) is 24.0. The highest BCUT2D eigenvalue weighted by Gasteiger charge is 2.17. The molecule has 28 heavy (non-hydrogen) atoms. The number of aryl methyl sites for hydroxylation is 1. The van der Waals surface area contributed by atoms with Crippen molar-refractivity contribution < 1.29 is 9.59 Å². The molecule has 1 aromatic heterocycles. The van der Waals surface area contributed by atoms with E-state index in [1.807, 2.05) is 30.3 Å². The Morgan fingerprint density at radius 1 is 1.21 bits per heavy atom. The molecular formula is C19H15BrN4O2S2. The van der Waals surface area contributed by atoms with Crippen molar-refractivity contribution in [3.8, 4) is 0 Å². The standard InChI is InChI=1S/C19H15BrN4O2S2/c20-13-2-1-3-14(9-13)21-18-23-24-19(28-18)27-10-16(25)12-4-6-15-11(8-12)5-7-17(26)22-15/h1-4,6,8-9H,5,7,10H2,(H,21,23)(H,22,26). The highest BCUT2D eigenvalue weighted by atomic mass is 79.9. The fourth-order valence-electron chi connectivity index (χ4n) is 2.78. The Morgan fingerprint density at radius 3 is 2.96 bits per heavy atom. The zero-order chi connectivity index (χ0) is 19.5. The lowest BCUT2D eigenvalue weighted by Gasteiger charge is -2.17. The van der Waals surface area contributed by atoms with E-state index in [2.05, 4.69) is 36.8 Å². The zero-order valence-corrected chi connectivity index (χ0v) is 17.8.